The van der Waals surface area contributed by atoms with E-state index in [1.54, 1.807) is 7.11 Å². The minimum atomic E-state index is 0.499. The molecule has 96 valence electrons. The van der Waals surface area contributed by atoms with Crippen LogP contribution < -0.4 is 4.74 Å². The Morgan fingerprint density at radius 1 is 1.18 bits per heavy atom. The Hall–Kier alpha value is -0.500. The van der Waals surface area contributed by atoms with Crippen LogP contribution in [-0.4, -0.2) is 11.9 Å². The van der Waals surface area contributed by atoms with Crippen molar-refractivity contribution in [2.75, 3.05) is 7.11 Å². The lowest BCUT2D eigenvalue weighted by atomic mass is 9.96. The van der Waals surface area contributed by atoms with Gasteiger partial charge in [0.25, 0.3) is 0 Å². The fraction of sp³-hybridized carbons (Fsp3) is 0.600. The number of hydrogen-bond donors (Lipinski definition) is 0. The number of halogens is 1. The highest BCUT2D eigenvalue weighted by Crippen LogP contribution is 2.28. The number of rotatable bonds is 5. The number of ether oxygens (including phenoxy) is 1. The molecule has 0 heterocycles. The lowest BCUT2D eigenvalue weighted by Gasteiger charge is -2.17. The Labute approximate surface area is 114 Å². The summed E-state index contributed by atoms with van der Waals surface area (Å²) in [5.74, 6) is 2.19. The van der Waals surface area contributed by atoms with E-state index in [1.807, 2.05) is 0 Å². The first kappa shape index (κ1) is 14.6. The van der Waals surface area contributed by atoms with E-state index in [0.717, 1.165) is 12.2 Å². The zero-order valence-electron chi connectivity index (χ0n) is 11.5. The zero-order valence-corrected chi connectivity index (χ0v) is 13.0. The number of benzene rings is 1. The van der Waals surface area contributed by atoms with Gasteiger partial charge in [-0.2, -0.15) is 0 Å². The molecule has 0 bridgehead atoms. The molecule has 0 radical (unpaired) electrons. The highest BCUT2D eigenvalue weighted by atomic mass is 79.9. The van der Waals surface area contributed by atoms with Gasteiger partial charge in [0.1, 0.15) is 5.75 Å². The summed E-state index contributed by atoms with van der Waals surface area (Å²) in [7, 11) is 1.74. The van der Waals surface area contributed by atoms with E-state index in [0.29, 0.717) is 16.7 Å². The van der Waals surface area contributed by atoms with Crippen molar-refractivity contribution in [2.24, 2.45) is 5.92 Å². The molecule has 1 aromatic rings. The highest BCUT2D eigenvalue weighted by molar-refractivity contribution is 9.09. The van der Waals surface area contributed by atoms with Crippen molar-refractivity contribution in [1.82, 2.24) is 0 Å². The van der Waals surface area contributed by atoms with Crippen LogP contribution in [0.1, 0.15) is 44.7 Å². The molecule has 1 aromatic carbocycles. The van der Waals surface area contributed by atoms with Crippen molar-refractivity contribution in [1.29, 1.82) is 0 Å². The average molecular weight is 299 g/mol. The minimum Gasteiger partial charge on any atom is -0.496 e. The molecule has 2 heteroatoms. The van der Waals surface area contributed by atoms with Gasteiger partial charge in [-0.1, -0.05) is 55.8 Å². The highest BCUT2D eigenvalue weighted by Gasteiger charge is 2.14. The van der Waals surface area contributed by atoms with Crippen molar-refractivity contribution in [2.45, 2.75) is 44.9 Å². The first-order valence-electron chi connectivity index (χ1n) is 6.26. The molecule has 0 saturated carbocycles. The van der Waals surface area contributed by atoms with E-state index in [-0.39, 0.29) is 0 Å². The number of alkyl halides is 1. The second-order valence-electron chi connectivity index (χ2n) is 5.19. The molecule has 0 aromatic heterocycles. The van der Waals surface area contributed by atoms with Crippen LogP contribution in [0.15, 0.2) is 18.2 Å². The molecule has 1 nitrogen and oxygen atoms in total. The van der Waals surface area contributed by atoms with Gasteiger partial charge in [-0.15, -0.1) is 0 Å². The van der Waals surface area contributed by atoms with Crippen molar-refractivity contribution >= 4 is 15.9 Å². The first-order valence-corrected chi connectivity index (χ1v) is 7.18. The van der Waals surface area contributed by atoms with Gasteiger partial charge in [0.15, 0.2) is 0 Å². The summed E-state index contributed by atoms with van der Waals surface area (Å²) in [4.78, 5) is 0.499. The van der Waals surface area contributed by atoms with Crippen LogP contribution in [0, 0.1) is 5.92 Å². The summed E-state index contributed by atoms with van der Waals surface area (Å²) in [5, 5.41) is 0. The fourth-order valence-corrected chi connectivity index (χ4v) is 2.11. The maximum atomic E-state index is 5.44. The normalized spacial score (nSPS) is 13.2. The molecule has 0 aliphatic rings. The smallest absolute Gasteiger partial charge is 0.122 e. The van der Waals surface area contributed by atoms with Crippen LogP contribution in [-0.2, 0) is 6.42 Å². The number of methoxy groups -OCH3 is 1. The predicted molar refractivity (Wildman–Crippen MR) is 78.3 cm³/mol. The Kier molecular flexibility index (Phi) is 5.51. The molecular weight excluding hydrogens is 276 g/mol. The molecule has 17 heavy (non-hydrogen) atoms. The van der Waals surface area contributed by atoms with E-state index in [1.165, 1.54) is 11.1 Å². The van der Waals surface area contributed by atoms with Gasteiger partial charge < -0.3 is 4.74 Å². The van der Waals surface area contributed by atoms with Gasteiger partial charge in [0.05, 0.1) is 7.11 Å². The molecule has 0 amide bonds. The summed E-state index contributed by atoms with van der Waals surface area (Å²) < 4.78 is 5.44. The molecule has 0 saturated heterocycles. The number of hydrogen-bond acceptors (Lipinski definition) is 1. The van der Waals surface area contributed by atoms with E-state index < -0.39 is 0 Å². The Balaban J connectivity index is 2.97. The topological polar surface area (TPSA) is 9.23 Å². The first-order chi connectivity index (χ1) is 7.95. The maximum Gasteiger partial charge on any atom is 0.122 e. The second kappa shape index (κ2) is 6.44. The fourth-order valence-electron chi connectivity index (χ4n) is 1.76. The van der Waals surface area contributed by atoms with Gasteiger partial charge in [0.2, 0.25) is 0 Å². The molecule has 1 atom stereocenters. The molecule has 0 aliphatic carbocycles. The van der Waals surface area contributed by atoms with Gasteiger partial charge in [-0.05, 0) is 35.4 Å². The van der Waals surface area contributed by atoms with E-state index in [4.69, 9.17) is 4.74 Å². The molecule has 0 aliphatic heterocycles. The Morgan fingerprint density at radius 2 is 1.82 bits per heavy atom. The van der Waals surface area contributed by atoms with Crippen LogP contribution in [0.2, 0.25) is 0 Å². The van der Waals surface area contributed by atoms with Crippen molar-refractivity contribution in [3.8, 4) is 5.75 Å². The molecule has 0 fully saturated rings. The SMILES string of the molecule is COc1ccc(C(C)C)cc1CC(Br)C(C)C. The van der Waals surface area contributed by atoms with Crippen LogP contribution >= 0.6 is 15.9 Å². The van der Waals surface area contributed by atoms with E-state index in [2.05, 4.69) is 61.8 Å². The van der Waals surface area contributed by atoms with Crippen molar-refractivity contribution < 1.29 is 4.74 Å². The van der Waals surface area contributed by atoms with Gasteiger partial charge in [0, 0.05) is 4.83 Å². The van der Waals surface area contributed by atoms with Crippen LogP contribution in [0.4, 0.5) is 0 Å². The van der Waals surface area contributed by atoms with Crippen molar-refractivity contribution in [3.63, 3.8) is 0 Å². The Bertz CT molecular complexity index is 358. The predicted octanol–water partition coefficient (Wildman–Crippen LogP) is 4.78. The lowest BCUT2D eigenvalue weighted by Crippen LogP contribution is -2.11. The van der Waals surface area contributed by atoms with Gasteiger partial charge in [-0.3, -0.25) is 0 Å². The second-order valence-corrected chi connectivity index (χ2v) is 6.37. The molecular formula is C15H23BrO. The van der Waals surface area contributed by atoms with E-state index in [9.17, 15) is 0 Å². The molecule has 1 unspecified atom stereocenters. The zero-order chi connectivity index (χ0) is 13.0. The summed E-state index contributed by atoms with van der Waals surface area (Å²) in [6.45, 7) is 8.91. The quantitative estimate of drug-likeness (QED) is 0.711. The minimum absolute atomic E-state index is 0.499. The van der Waals surface area contributed by atoms with Crippen molar-refractivity contribution in [3.05, 3.63) is 29.3 Å². The summed E-state index contributed by atoms with van der Waals surface area (Å²) >= 11 is 3.75. The van der Waals surface area contributed by atoms with Gasteiger partial charge >= 0.3 is 0 Å². The van der Waals surface area contributed by atoms with Crippen LogP contribution in [0.25, 0.3) is 0 Å². The van der Waals surface area contributed by atoms with Gasteiger partial charge in [-0.25, -0.2) is 0 Å². The summed E-state index contributed by atoms with van der Waals surface area (Å²) in [5.41, 5.74) is 2.68. The molecule has 0 N–H and O–H groups in total. The maximum absolute atomic E-state index is 5.44. The van der Waals surface area contributed by atoms with Crippen LogP contribution in [0.3, 0.4) is 0 Å². The standard InChI is InChI=1S/C15H23BrO/c1-10(2)12-6-7-15(17-5)13(8-12)9-14(16)11(3)4/h6-8,10-11,14H,9H2,1-5H3. The third-order valence-electron chi connectivity index (χ3n) is 3.11. The van der Waals surface area contributed by atoms with Crippen LogP contribution in [0.5, 0.6) is 5.75 Å². The van der Waals surface area contributed by atoms with E-state index >= 15 is 0 Å². The third-order valence-corrected chi connectivity index (χ3v) is 4.49. The largest absolute Gasteiger partial charge is 0.496 e. The Morgan fingerprint density at radius 3 is 2.29 bits per heavy atom. The summed E-state index contributed by atoms with van der Waals surface area (Å²) in [6.07, 6.45) is 1.02. The summed E-state index contributed by atoms with van der Waals surface area (Å²) in [6, 6.07) is 6.52. The lowest BCUT2D eigenvalue weighted by molar-refractivity contribution is 0.408. The molecule has 1 rings (SSSR count). The average Bonchev–Trinajstić information content (AvgIpc) is 2.28. The molecule has 0 spiro atoms. The third kappa shape index (κ3) is 4.02. The monoisotopic (exact) mass is 298 g/mol.